The molecule has 3 rings (SSSR count). The Labute approximate surface area is 194 Å². The Bertz CT molecular complexity index is 889. The van der Waals surface area contributed by atoms with Crippen molar-refractivity contribution in [2.45, 2.75) is 83.2 Å². The van der Waals surface area contributed by atoms with Crippen LogP contribution in [0, 0.1) is 0 Å². The molecule has 0 aromatic heterocycles. The topological polar surface area (TPSA) is 46.6 Å². The lowest BCUT2D eigenvalue weighted by molar-refractivity contribution is -0.173. The van der Waals surface area contributed by atoms with Crippen molar-refractivity contribution in [3.8, 4) is 0 Å². The zero-order valence-electron chi connectivity index (χ0n) is 20.2. The van der Waals surface area contributed by atoms with Crippen molar-refractivity contribution >= 4 is 20.1 Å². The van der Waals surface area contributed by atoms with Gasteiger partial charge in [-0.25, -0.2) is 0 Å². The lowest BCUT2D eigenvalue weighted by Gasteiger charge is -2.52. The average Bonchev–Trinajstić information content (AvgIpc) is 2.76. The molecular weight excluding hydrogens is 414 g/mol. The van der Waals surface area contributed by atoms with E-state index in [2.05, 4.69) is 41.5 Å². The zero-order valence-corrected chi connectivity index (χ0v) is 21.2. The van der Waals surface area contributed by atoms with Crippen molar-refractivity contribution in [3.05, 3.63) is 71.8 Å². The summed E-state index contributed by atoms with van der Waals surface area (Å²) in [6, 6.07) is 19.4. The third kappa shape index (κ3) is 4.60. The van der Waals surface area contributed by atoms with Crippen LogP contribution in [0.2, 0.25) is 16.6 Å². The molecule has 0 radical (unpaired) electrons. The van der Waals surface area contributed by atoms with E-state index >= 15 is 0 Å². The van der Waals surface area contributed by atoms with Gasteiger partial charge >= 0.3 is 0 Å². The number of rotatable bonds is 9. The summed E-state index contributed by atoms with van der Waals surface area (Å²) < 4.78 is 6.88. The van der Waals surface area contributed by atoms with Crippen molar-refractivity contribution in [2.75, 3.05) is 0 Å². The quantitative estimate of drug-likeness (QED) is 0.332. The van der Waals surface area contributed by atoms with Crippen LogP contribution in [0.4, 0.5) is 0 Å². The Morgan fingerprint density at radius 2 is 1.38 bits per heavy atom. The molecule has 0 unspecified atom stereocenters. The average molecular weight is 452 g/mol. The molecule has 0 aliphatic carbocycles. The molecule has 4 nitrogen and oxygen atoms in total. The Kier molecular flexibility index (Phi) is 7.73. The van der Waals surface area contributed by atoms with Crippen LogP contribution < -0.4 is 0 Å². The van der Waals surface area contributed by atoms with Gasteiger partial charge in [-0.05, 0) is 34.2 Å². The van der Waals surface area contributed by atoms with Crippen LogP contribution in [0.5, 0.6) is 0 Å². The number of hydrogen-bond donors (Lipinski definition) is 0. The molecule has 172 valence electrons. The first-order valence-corrected chi connectivity index (χ1v) is 14.0. The standard InChI is InChI=1S/C27H37NO3Si/c1-19(2)32(20(3)4,21(5)6)31-26-25(23-15-11-8-12-16-23)28(27(26)30)24(29)18-17-22-13-9-7-10-14-22/h7-16,19-21,25-26H,17-18H2,1-6H3/t25-,26+/m0/s1. The number of aryl methyl sites for hydroxylation is 1. The number of amides is 2. The molecule has 1 aliphatic heterocycles. The van der Waals surface area contributed by atoms with Gasteiger partial charge in [0.25, 0.3) is 5.91 Å². The second-order valence-electron chi connectivity index (χ2n) is 9.80. The van der Waals surface area contributed by atoms with E-state index in [-0.39, 0.29) is 17.9 Å². The predicted molar refractivity (Wildman–Crippen MR) is 132 cm³/mol. The van der Waals surface area contributed by atoms with Crippen LogP contribution >= 0.6 is 0 Å². The highest BCUT2D eigenvalue weighted by Gasteiger charge is 2.57. The predicted octanol–water partition coefficient (Wildman–Crippen LogP) is 6.29. The molecule has 2 aromatic carbocycles. The molecule has 1 heterocycles. The van der Waals surface area contributed by atoms with Crippen molar-refractivity contribution in [2.24, 2.45) is 0 Å². The van der Waals surface area contributed by atoms with Gasteiger partial charge in [-0.15, -0.1) is 0 Å². The Morgan fingerprint density at radius 3 is 1.88 bits per heavy atom. The van der Waals surface area contributed by atoms with Crippen LogP contribution in [0.15, 0.2) is 60.7 Å². The number of imide groups is 1. The molecule has 0 saturated carbocycles. The van der Waals surface area contributed by atoms with Gasteiger partial charge in [0.2, 0.25) is 14.2 Å². The van der Waals surface area contributed by atoms with Gasteiger partial charge in [-0.1, -0.05) is 102 Å². The molecule has 2 aromatic rings. The summed E-state index contributed by atoms with van der Waals surface area (Å²) in [5.74, 6) is -0.311. The fourth-order valence-electron chi connectivity index (χ4n) is 5.47. The first-order valence-electron chi connectivity index (χ1n) is 11.8. The van der Waals surface area contributed by atoms with Crippen LogP contribution in [0.1, 0.15) is 65.1 Å². The summed E-state index contributed by atoms with van der Waals surface area (Å²) >= 11 is 0. The van der Waals surface area contributed by atoms with E-state index in [4.69, 9.17) is 4.43 Å². The van der Waals surface area contributed by atoms with Crippen molar-refractivity contribution < 1.29 is 14.0 Å². The summed E-state index contributed by atoms with van der Waals surface area (Å²) in [6.45, 7) is 13.3. The lowest BCUT2D eigenvalue weighted by Crippen LogP contribution is -2.66. The minimum Gasteiger partial charge on any atom is -0.402 e. The number of β-lactam (4-membered cyclic amide) rings is 1. The summed E-state index contributed by atoms with van der Waals surface area (Å²) in [5, 5.41) is 0. The fraction of sp³-hybridized carbons (Fsp3) is 0.481. The number of nitrogens with zero attached hydrogens (tertiary/aromatic N) is 1. The SMILES string of the molecule is CC(C)[Si](O[C@H]1C(=O)N(C(=O)CCc2ccccc2)[C@H]1c1ccccc1)(C(C)C)C(C)C. The lowest BCUT2D eigenvalue weighted by atomic mass is 9.90. The largest absolute Gasteiger partial charge is 0.402 e. The number of hydrogen-bond acceptors (Lipinski definition) is 3. The van der Waals surface area contributed by atoms with E-state index in [1.54, 1.807) is 0 Å². The maximum Gasteiger partial charge on any atom is 0.260 e. The van der Waals surface area contributed by atoms with E-state index in [0.717, 1.165) is 11.1 Å². The summed E-state index contributed by atoms with van der Waals surface area (Å²) in [7, 11) is -2.27. The summed E-state index contributed by atoms with van der Waals surface area (Å²) in [5.41, 5.74) is 3.17. The molecule has 1 aliphatic rings. The maximum atomic E-state index is 13.3. The van der Waals surface area contributed by atoms with Crippen molar-refractivity contribution in [1.82, 2.24) is 4.90 Å². The monoisotopic (exact) mass is 451 g/mol. The first-order chi connectivity index (χ1) is 15.2. The molecule has 0 spiro atoms. The van der Waals surface area contributed by atoms with Gasteiger partial charge in [0.1, 0.15) is 0 Å². The Hall–Kier alpha value is -2.24. The second-order valence-corrected chi connectivity index (χ2v) is 15.2. The number of carbonyl (C=O) groups is 2. The Morgan fingerprint density at radius 1 is 0.875 bits per heavy atom. The third-order valence-corrected chi connectivity index (χ3v) is 13.0. The van der Waals surface area contributed by atoms with Crippen molar-refractivity contribution in [3.63, 3.8) is 0 Å². The van der Waals surface area contributed by atoms with E-state index < -0.39 is 14.4 Å². The highest BCUT2D eigenvalue weighted by Crippen LogP contribution is 2.47. The smallest absolute Gasteiger partial charge is 0.260 e. The third-order valence-electron chi connectivity index (χ3n) is 6.96. The molecule has 2 atom stereocenters. The highest BCUT2D eigenvalue weighted by molar-refractivity contribution is 6.77. The molecular formula is C27H37NO3Si. The number of carbonyl (C=O) groups excluding carboxylic acids is 2. The molecule has 0 bridgehead atoms. The van der Waals surface area contributed by atoms with Crippen molar-refractivity contribution in [1.29, 1.82) is 0 Å². The normalized spacial score (nSPS) is 19.0. The van der Waals surface area contributed by atoms with E-state index in [1.165, 1.54) is 4.90 Å². The molecule has 0 N–H and O–H groups in total. The van der Waals surface area contributed by atoms with Gasteiger partial charge in [0, 0.05) is 6.42 Å². The van der Waals surface area contributed by atoms with Gasteiger partial charge in [0.15, 0.2) is 6.10 Å². The summed E-state index contributed by atoms with van der Waals surface area (Å²) in [4.78, 5) is 28.0. The number of likely N-dealkylation sites (tertiary alicyclic amines) is 1. The summed E-state index contributed by atoms with van der Waals surface area (Å²) in [6.07, 6.45) is 0.350. The minimum absolute atomic E-state index is 0.126. The molecule has 1 saturated heterocycles. The van der Waals surface area contributed by atoms with E-state index in [1.807, 2.05) is 60.7 Å². The molecule has 1 fully saturated rings. The Balaban J connectivity index is 1.87. The van der Waals surface area contributed by atoms with Crippen LogP contribution in [-0.2, 0) is 20.4 Å². The van der Waals surface area contributed by atoms with Gasteiger partial charge in [0.05, 0.1) is 6.04 Å². The zero-order chi connectivity index (χ0) is 23.5. The molecule has 5 heteroatoms. The van der Waals surface area contributed by atoms with Gasteiger partial charge < -0.3 is 4.43 Å². The molecule has 32 heavy (non-hydrogen) atoms. The fourth-order valence-corrected chi connectivity index (χ4v) is 11.0. The maximum absolute atomic E-state index is 13.3. The van der Waals surface area contributed by atoms with E-state index in [0.29, 0.717) is 29.5 Å². The van der Waals surface area contributed by atoms with Crippen LogP contribution in [-0.4, -0.2) is 31.1 Å². The van der Waals surface area contributed by atoms with Gasteiger partial charge in [-0.2, -0.15) is 0 Å². The second kappa shape index (κ2) is 10.1. The molecule has 2 amide bonds. The van der Waals surface area contributed by atoms with Gasteiger partial charge in [-0.3, -0.25) is 14.5 Å². The minimum atomic E-state index is -2.27. The first kappa shape index (κ1) is 24.4. The van der Waals surface area contributed by atoms with Crippen LogP contribution in [0.25, 0.3) is 0 Å². The highest BCUT2D eigenvalue weighted by atomic mass is 28.4. The number of benzene rings is 2. The van der Waals surface area contributed by atoms with Crippen LogP contribution in [0.3, 0.4) is 0 Å². The van der Waals surface area contributed by atoms with E-state index in [9.17, 15) is 9.59 Å².